The second-order valence-electron chi connectivity index (χ2n) is 6.51. The number of rotatable bonds is 4. The molecule has 0 saturated carbocycles. The molecule has 4 rings (SSSR count). The normalized spacial score (nSPS) is 17.0. The molecule has 0 spiro atoms. The number of hydrogen-bond donors (Lipinski definition) is 0. The number of methoxy groups -OCH3 is 1. The third-order valence-electron chi connectivity index (χ3n) is 4.85. The number of piperazine rings is 1. The molecule has 1 atom stereocenters. The lowest BCUT2D eigenvalue weighted by Gasteiger charge is -2.40. The van der Waals surface area contributed by atoms with Gasteiger partial charge in [0.05, 0.1) is 12.8 Å². The first-order chi connectivity index (χ1) is 13.7. The number of benzene rings is 3. The van der Waals surface area contributed by atoms with Crippen LogP contribution in [0.5, 0.6) is 5.75 Å². The van der Waals surface area contributed by atoms with Crippen molar-refractivity contribution in [2.45, 2.75) is 6.04 Å². The first-order valence-corrected chi connectivity index (χ1v) is 9.07. The van der Waals surface area contributed by atoms with E-state index in [1.165, 1.54) is 4.90 Å². The molecule has 0 aromatic heterocycles. The molecule has 1 fully saturated rings. The molecule has 0 bridgehead atoms. The van der Waals surface area contributed by atoms with Crippen LogP contribution in [-0.2, 0) is 9.59 Å². The van der Waals surface area contributed by atoms with Crippen LogP contribution in [0.4, 0.5) is 11.4 Å². The van der Waals surface area contributed by atoms with Gasteiger partial charge in [-0.3, -0.25) is 19.4 Å². The Morgan fingerprint density at radius 3 is 2.11 bits per heavy atom. The SMILES string of the molecule is COc1ccccc1N1CC(=O)N(c2ccccc2)C(c2ccccc2)C1=O. The number of anilines is 2. The van der Waals surface area contributed by atoms with Crippen molar-refractivity contribution in [1.82, 2.24) is 0 Å². The number of ether oxygens (including phenoxy) is 1. The van der Waals surface area contributed by atoms with Crippen molar-refractivity contribution in [3.8, 4) is 5.75 Å². The third-order valence-corrected chi connectivity index (χ3v) is 4.85. The fraction of sp³-hybridized carbons (Fsp3) is 0.130. The zero-order chi connectivity index (χ0) is 19.5. The molecule has 2 amide bonds. The van der Waals surface area contributed by atoms with Gasteiger partial charge in [0.2, 0.25) is 5.91 Å². The van der Waals surface area contributed by atoms with E-state index in [1.54, 1.807) is 24.1 Å². The molecule has 0 aliphatic carbocycles. The average Bonchev–Trinajstić information content (AvgIpc) is 2.76. The molecular formula is C23H20N2O3. The summed E-state index contributed by atoms with van der Waals surface area (Å²) in [6.45, 7) is -0.0442. The van der Waals surface area contributed by atoms with Crippen LogP contribution in [0.15, 0.2) is 84.9 Å². The first-order valence-electron chi connectivity index (χ1n) is 9.07. The van der Waals surface area contributed by atoms with Gasteiger partial charge in [0.25, 0.3) is 5.91 Å². The number of para-hydroxylation sites is 3. The maximum atomic E-state index is 13.6. The zero-order valence-corrected chi connectivity index (χ0v) is 15.5. The quantitative estimate of drug-likeness (QED) is 0.700. The predicted octanol–water partition coefficient (Wildman–Crippen LogP) is 3.82. The monoisotopic (exact) mass is 372 g/mol. The van der Waals surface area contributed by atoms with Gasteiger partial charge >= 0.3 is 0 Å². The van der Waals surface area contributed by atoms with Crippen molar-refractivity contribution >= 4 is 23.2 Å². The van der Waals surface area contributed by atoms with Crippen LogP contribution < -0.4 is 14.5 Å². The second kappa shape index (κ2) is 7.56. The Kier molecular flexibility index (Phi) is 4.81. The number of hydrogen-bond acceptors (Lipinski definition) is 3. The molecule has 1 aliphatic rings. The summed E-state index contributed by atoms with van der Waals surface area (Å²) in [7, 11) is 1.56. The molecule has 1 saturated heterocycles. The Bertz CT molecular complexity index is 989. The molecular weight excluding hydrogens is 352 g/mol. The lowest BCUT2D eigenvalue weighted by atomic mass is 9.99. The minimum absolute atomic E-state index is 0.0442. The van der Waals surface area contributed by atoms with Gasteiger partial charge in [-0.1, -0.05) is 60.7 Å². The molecule has 0 radical (unpaired) electrons. The highest BCUT2D eigenvalue weighted by molar-refractivity contribution is 6.14. The highest BCUT2D eigenvalue weighted by Gasteiger charge is 2.42. The molecule has 5 nitrogen and oxygen atoms in total. The standard InChI is InChI=1S/C23H20N2O3/c1-28-20-15-9-8-14-19(20)24-16-21(26)25(18-12-6-3-7-13-18)22(23(24)27)17-10-4-2-5-11-17/h2-15,22H,16H2,1H3. The highest BCUT2D eigenvalue weighted by atomic mass is 16.5. The molecule has 5 heteroatoms. The van der Waals surface area contributed by atoms with Gasteiger partial charge in [0, 0.05) is 5.69 Å². The van der Waals surface area contributed by atoms with Gasteiger partial charge in [0.15, 0.2) is 0 Å². The van der Waals surface area contributed by atoms with Crippen LogP contribution in [0.1, 0.15) is 11.6 Å². The molecule has 1 aliphatic heterocycles. The first kappa shape index (κ1) is 17.8. The predicted molar refractivity (Wildman–Crippen MR) is 108 cm³/mol. The van der Waals surface area contributed by atoms with E-state index >= 15 is 0 Å². The van der Waals surface area contributed by atoms with E-state index in [-0.39, 0.29) is 18.4 Å². The molecule has 1 unspecified atom stereocenters. The smallest absolute Gasteiger partial charge is 0.255 e. The summed E-state index contributed by atoms with van der Waals surface area (Å²) < 4.78 is 5.42. The number of amides is 2. The van der Waals surface area contributed by atoms with Crippen molar-refractivity contribution in [2.24, 2.45) is 0 Å². The summed E-state index contributed by atoms with van der Waals surface area (Å²) in [5, 5.41) is 0. The van der Waals surface area contributed by atoms with Gasteiger partial charge in [-0.2, -0.15) is 0 Å². The summed E-state index contributed by atoms with van der Waals surface area (Å²) in [4.78, 5) is 29.9. The molecule has 0 N–H and O–H groups in total. The van der Waals surface area contributed by atoms with Crippen LogP contribution in [0.2, 0.25) is 0 Å². The Morgan fingerprint density at radius 1 is 0.821 bits per heavy atom. The topological polar surface area (TPSA) is 49.9 Å². The Labute approximate surface area is 163 Å². The summed E-state index contributed by atoms with van der Waals surface area (Å²) >= 11 is 0. The van der Waals surface area contributed by atoms with Crippen molar-refractivity contribution < 1.29 is 14.3 Å². The maximum Gasteiger partial charge on any atom is 0.255 e. The van der Waals surface area contributed by atoms with E-state index in [1.807, 2.05) is 72.8 Å². The maximum absolute atomic E-state index is 13.6. The number of nitrogens with zero attached hydrogens (tertiary/aromatic N) is 2. The minimum Gasteiger partial charge on any atom is -0.495 e. The van der Waals surface area contributed by atoms with Gasteiger partial charge in [-0.15, -0.1) is 0 Å². The summed E-state index contributed by atoms with van der Waals surface area (Å²) in [5.41, 5.74) is 2.07. The van der Waals surface area contributed by atoms with Gasteiger partial charge < -0.3 is 4.74 Å². The van der Waals surface area contributed by atoms with E-state index in [2.05, 4.69) is 0 Å². The fourth-order valence-corrected chi connectivity index (χ4v) is 3.56. The highest BCUT2D eigenvalue weighted by Crippen LogP contribution is 2.37. The number of carbonyl (C=O) groups excluding carboxylic acids is 2. The van der Waals surface area contributed by atoms with Crippen LogP contribution in [0.3, 0.4) is 0 Å². The second-order valence-corrected chi connectivity index (χ2v) is 6.51. The van der Waals surface area contributed by atoms with Gasteiger partial charge in [-0.25, -0.2) is 0 Å². The summed E-state index contributed by atoms with van der Waals surface area (Å²) in [6.07, 6.45) is 0. The van der Waals surface area contributed by atoms with Gasteiger partial charge in [0.1, 0.15) is 18.3 Å². The van der Waals surface area contributed by atoms with Crippen molar-refractivity contribution in [3.63, 3.8) is 0 Å². The average molecular weight is 372 g/mol. The van der Waals surface area contributed by atoms with E-state index in [4.69, 9.17) is 4.74 Å². The molecule has 1 heterocycles. The lowest BCUT2D eigenvalue weighted by Crippen LogP contribution is -2.56. The largest absolute Gasteiger partial charge is 0.495 e. The van der Waals surface area contributed by atoms with E-state index in [0.717, 1.165) is 5.56 Å². The van der Waals surface area contributed by atoms with E-state index in [0.29, 0.717) is 17.1 Å². The zero-order valence-electron chi connectivity index (χ0n) is 15.5. The van der Waals surface area contributed by atoms with Crippen molar-refractivity contribution in [3.05, 3.63) is 90.5 Å². The van der Waals surface area contributed by atoms with E-state index in [9.17, 15) is 9.59 Å². The Hall–Kier alpha value is -3.60. The summed E-state index contributed by atoms with van der Waals surface area (Å²) in [6, 6.07) is 25.2. The molecule has 3 aromatic rings. The summed E-state index contributed by atoms with van der Waals surface area (Å²) in [5.74, 6) is 0.244. The molecule has 140 valence electrons. The van der Waals surface area contributed by atoms with E-state index < -0.39 is 6.04 Å². The van der Waals surface area contributed by atoms with Crippen LogP contribution in [0, 0.1) is 0 Å². The van der Waals surface area contributed by atoms with Gasteiger partial charge in [-0.05, 0) is 29.8 Å². The van der Waals surface area contributed by atoms with Crippen molar-refractivity contribution in [2.75, 3.05) is 23.5 Å². The minimum atomic E-state index is -0.741. The Morgan fingerprint density at radius 2 is 1.43 bits per heavy atom. The third kappa shape index (κ3) is 3.11. The van der Waals surface area contributed by atoms with Crippen LogP contribution >= 0.6 is 0 Å². The molecule has 3 aromatic carbocycles. The fourth-order valence-electron chi connectivity index (χ4n) is 3.56. The number of carbonyl (C=O) groups is 2. The lowest BCUT2D eigenvalue weighted by molar-refractivity contribution is -0.128. The van der Waals surface area contributed by atoms with Crippen LogP contribution in [-0.4, -0.2) is 25.5 Å². The molecule has 28 heavy (non-hydrogen) atoms. The Balaban J connectivity index is 1.83. The van der Waals surface area contributed by atoms with Crippen LogP contribution in [0.25, 0.3) is 0 Å². The van der Waals surface area contributed by atoms with Crippen molar-refractivity contribution in [1.29, 1.82) is 0 Å².